The summed E-state index contributed by atoms with van der Waals surface area (Å²) in [5.41, 5.74) is 6.72. The molecule has 0 bridgehead atoms. The van der Waals surface area contributed by atoms with Crippen LogP contribution in [-0.2, 0) is 6.54 Å². The second kappa shape index (κ2) is 3.92. The van der Waals surface area contributed by atoms with Gasteiger partial charge in [0.15, 0.2) is 5.82 Å². The smallest absolute Gasteiger partial charge is 0.164 e. The highest BCUT2D eigenvalue weighted by Gasteiger charge is 2.22. The number of aromatic nitrogens is 3. The quantitative estimate of drug-likeness (QED) is 0.816. The number of hydrogen-bond acceptors (Lipinski definition) is 3. The summed E-state index contributed by atoms with van der Waals surface area (Å²) in [6.07, 6.45) is 1.94. The van der Waals surface area contributed by atoms with Gasteiger partial charge < -0.3 is 10.3 Å². The van der Waals surface area contributed by atoms with E-state index in [0.717, 1.165) is 30.8 Å². The SMILES string of the molecule is NC1CCCn2c(-c3cccc(F)c3)nnc21. The highest BCUT2D eigenvalue weighted by atomic mass is 19.1. The lowest BCUT2D eigenvalue weighted by Crippen LogP contribution is -2.22. The third-order valence-electron chi connectivity index (χ3n) is 3.09. The van der Waals surface area contributed by atoms with Crippen molar-refractivity contribution in [1.29, 1.82) is 0 Å². The minimum Gasteiger partial charge on any atom is -0.321 e. The molecule has 3 rings (SSSR count). The maximum Gasteiger partial charge on any atom is 0.164 e. The summed E-state index contributed by atoms with van der Waals surface area (Å²) in [6.45, 7) is 0.849. The van der Waals surface area contributed by atoms with Crippen LogP contribution in [0, 0.1) is 5.82 Å². The predicted octanol–water partition coefficient (Wildman–Crippen LogP) is 1.88. The van der Waals surface area contributed by atoms with Gasteiger partial charge in [0.2, 0.25) is 0 Å². The molecule has 0 saturated heterocycles. The van der Waals surface area contributed by atoms with E-state index in [1.165, 1.54) is 12.1 Å². The number of halogens is 1. The Kier molecular flexibility index (Phi) is 2.40. The highest BCUT2D eigenvalue weighted by molar-refractivity contribution is 5.55. The number of hydrogen-bond donors (Lipinski definition) is 1. The van der Waals surface area contributed by atoms with Crippen LogP contribution in [0.15, 0.2) is 24.3 Å². The molecular weight excluding hydrogens is 219 g/mol. The molecular formula is C12H13FN4. The molecule has 17 heavy (non-hydrogen) atoms. The predicted molar refractivity (Wildman–Crippen MR) is 61.6 cm³/mol. The summed E-state index contributed by atoms with van der Waals surface area (Å²) in [6, 6.07) is 6.34. The third kappa shape index (κ3) is 1.72. The van der Waals surface area contributed by atoms with Gasteiger partial charge in [-0.3, -0.25) is 0 Å². The first-order valence-electron chi connectivity index (χ1n) is 5.70. The van der Waals surface area contributed by atoms with Crippen LogP contribution in [0.5, 0.6) is 0 Å². The summed E-state index contributed by atoms with van der Waals surface area (Å²) in [7, 11) is 0. The number of nitrogens with two attached hydrogens (primary N) is 1. The first kappa shape index (κ1) is 10.4. The molecule has 1 atom stereocenters. The van der Waals surface area contributed by atoms with Crippen LogP contribution in [0.3, 0.4) is 0 Å². The van der Waals surface area contributed by atoms with Gasteiger partial charge in [-0.05, 0) is 25.0 Å². The van der Waals surface area contributed by atoms with E-state index in [1.54, 1.807) is 6.07 Å². The Labute approximate surface area is 98.3 Å². The van der Waals surface area contributed by atoms with Crippen LogP contribution in [0.4, 0.5) is 4.39 Å². The maximum atomic E-state index is 13.2. The summed E-state index contributed by atoms with van der Waals surface area (Å²) in [4.78, 5) is 0. The molecule has 0 spiro atoms. The topological polar surface area (TPSA) is 56.7 Å². The molecule has 0 amide bonds. The molecule has 1 aliphatic heterocycles. The van der Waals surface area contributed by atoms with E-state index < -0.39 is 0 Å². The molecule has 2 aromatic rings. The molecule has 1 aliphatic rings. The molecule has 5 heteroatoms. The Hall–Kier alpha value is -1.75. The molecule has 1 aromatic heterocycles. The number of fused-ring (bicyclic) bond motifs is 1. The summed E-state index contributed by atoms with van der Waals surface area (Å²) in [5, 5.41) is 8.24. The fourth-order valence-electron chi connectivity index (χ4n) is 2.25. The summed E-state index contributed by atoms with van der Waals surface area (Å²) in [5.74, 6) is 1.24. The zero-order valence-electron chi connectivity index (χ0n) is 9.31. The van der Waals surface area contributed by atoms with Gasteiger partial charge in [-0.1, -0.05) is 12.1 Å². The zero-order valence-corrected chi connectivity index (χ0v) is 9.31. The molecule has 1 aromatic carbocycles. The zero-order chi connectivity index (χ0) is 11.8. The standard InChI is InChI=1S/C12H13FN4/c13-9-4-1-3-8(7-9)11-15-16-12-10(14)5-2-6-17(11)12/h1,3-4,7,10H,2,5-6,14H2. The van der Waals surface area contributed by atoms with Crippen molar-refractivity contribution in [2.24, 2.45) is 5.73 Å². The van der Waals surface area contributed by atoms with Gasteiger partial charge in [0, 0.05) is 12.1 Å². The monoisotopic (exact) mass is 232 g/mol. The van der Waals surface area contributed by atoms with E-state index in [1.807, 2.05) is 10.6 Å². The molecule has 2 heterocycles. The van der Waals surface area contributed by atoms with E-state index >= 15 is 0 Å². The lowest BCUT2D eigenvalue weighted by atomic mass is 10.1. The van der Waals surface area contributed by atoms with E-state index in [4.69, 9.17) is 5.73 Å². The molecule has 0 saturated carbocycles. The Morgan fingerprint density at radius 3 is 3.06 bits per heavy atom. The van der Waals surface area contributed by atoms with Gasteiger partial charge in [-0.25, -0.2) is 4.39 Å². The first-order chi connectivity index (χ1) is 8.25. The summed E-state index contributed by atoms with van der Waals surface area (Å²) >= 11 is 0. The van der Waals surface area contributed by atoms with E-state index in [-0.39, 0.29) is 11.9 Å². The van der Waals surface area contributed by atoms with Crippen LogP contribution in [-0.4, -0.2) is 14.8 Å². The molecule has 4 nitrogen and oxygen atoms in total. The largest absolute Gasteiger partial charge is 0.321 e. The molecule has 88 valence electrons. The second-order valence-electron chi connectivity index (χ2n) is 4.29. The minimum absolute atomic E-state index is 0.0569. The molecule has 0 radical (unpaired) electrons. The molecule has 0 aliphatic carbocycles. The van der Waals surface area contributed by atoms with Crippen LogP contribution in [0.25, 0.3) is 11.4 Å². The Bertz CT molecular complexity index is 549. The normalized spacial score (nSPS) is 19.1. The summed E-state index contributed by atoms with van der Waals surface area (Å²) < 4.78 is 15.2. The Morgan fingerprint density at radius 1 is 1.35 bits per heavy atom. The average molecular weight is 232 g/mol. The van der Waals surface area contributed by atoms with Crippen LogP contribution in [0.2, 0.25) is 0 Å². The Morgan fingerprint density at radius 2 is 2.24 bits per heavy atom. The molecule has 0 fully saturated rings. The number of rotatable bonds is 1. The van der Waals surface area contributed by atoms with E-state index in [2.05, 4.69) is 10.2 Å². The third-order valence-corrected chi connectivity index (χ3v) is 3.09. The second-order valence-corrected chi connectivity index (χ2v) is 4.29. The van der Waals surface area contributed by atoms with Gasteiger partial charge in [0.25, 0.3) is 0 Å². The van der Waals surface area contributed by atoms with Gasteiger partial charge in [-0.15, -0.1) is 10.2 Å². The van der Waals surface area contributed by atoms with Crippen molar-refractivity contribution in [2.45, 2.75) is 25.4 Å². The number of benzene rings is 1. The lowest BCUT2D eigenvalue weighted by molar-refractivity contribution is 0.454. The fraction of sp³-hybridized carbons (Fsp3) is 0.333. The van der Waals surface area contributed by atoms with Crippen molar-refractivity contribution in [1.82, 2.24) is 14.8 Å². The van der Waals surface area contributed by atoms with Crippen molar-refractivity contribution in [3.63, 3.8) is 0 Å². The van der Waals surface area contributed by atoms with Crippen LogP contribution in [0.1, 0.15) is 24.7 Å². The van der Waals surface area contributed by atoms with Gasteiger partial charge in [0.1, 0.15) is 11.6 Å². The first-order valence-corrected chi connectivity index (χ1v) is 5.70. The van der Waals surface area contributed by atoms with Crippen molar-refractivity contribution in [2.75, 3.05) is 0 Å². The molecule has 1 unspecified atom stereocenters. The van der Waals surface area contributed by atoms with Crippen LogP contribution < -0.4 is 5.73 Å². The highest BCUT2D eigenvalue weighted by Crippen LogP contribution is 2.27. The van der Waals surface area contributed by atoms with Gasteiger partial charge >= 0.3 is 0 Å². The van der Waals surface area contributed by atoms with Gasteiger partial charge in [-0.2, -0.15) is 0 Å². The average Bonchev–Trinajstić information content (AvgIpc) is 2.74. The van der Waals surface area contributed by atoms with Crippen LogP contribution >= 0.6 is 0 Å². The maximum absolute atomic E-state index is 13.2. The van der Waals surface area contributed by atoms with Crippen molar-refractivity contribution < 1.29 is 4.39 Å². The Balaban J connectivity index is 2.10. The van der Waals surface area contributed by atoms with Crippen molar-refractivity contribution >= 4 is 0 Å². The van der Waals surface area contributed by atoms with Crippen molar-refractivity contribution in [3.8, 4) is 11.4 Å². The van der Waals surface area contributed by atoms with Crippen molar-refractivity contribution in [3.05, 3.63) is 35.9 Å². The van der Waals surface area contributed by atoms with Gasteiger partial charge in [0.05, 0.1) is 6.04 Å². The minimum atomic E-state index is -0.264. The number of nitrogens with zero attached hydrogens (tertiary/aromatic N) is 3. The van der Waals surface area contributed by atoms with E-state index in [0.29, 0.717) is 5.82 Å². The molecule has 2 N–H and O–H groups in total. The van der Waals surface area contributed by atoms with E-state index in [9.17, 15) is 4.39 Å². The fourth-order valence-corrected chi connectivity index (χ4v) is 2.25. The lowest BCUT2D eigenvalue weighted by Gasteiger charge is -2.20.